The van der Waals surface area contributed by atoms with Crippen molar-refractivity contribution in [2.24, 2.45) is 5.92 Å². The predicted molar refractivity (Wildman–Crippen MR) is 78.3 cm³/mol. The van der Waals surface area contributed by atoms with E-state index < -0.39 is 0 Å². The van der Waals surface area contributed by atoms with E-state index in [-0.39, 0.29) is 0 Å². The smallest absolute Gasteiger partial charge is 0.175 e. The number of anilines is 1. The molecule has 0 amide bonds. The molecule has 2 heterocycles. The molecule has 2 aromatic rings. The molecule has 1 aromatic heterocycles. The lowest BCUT2D eigenvalue weighted by Gasteiger charge is -2.27. The van der Waals surface area contributed by atoms with Crippen LogP contribution in [0.3, 0.4) is 0 Å². The Morgan fingerprint density at radius 1 is 1.26 bits per heavy atom. The first-order valence-corrected chi connectivity index (χ1v) is 7.19. The summed E-state index contributed by atoms with van der Waals surface area (Å²) in [4.78, 5) is 3.20. The van der Waals surface area contributed by atoms with Gasteiger partial charge in [-0.3, -0.25) is 0 Å². The molecule has 1 radical (unpaired) electrons. The van der Waals surface area contributed by atoms with Gasteiger partial charge in [-0.1, -0.05) is 49.0 Å². The van der Waals surface area contributed by atoms with Crippen LogP contribution in [0.25, 0.3) is 4.91 Å². The van der Waals surface area contributed by atoms with Gasteiger partial charge in [-0.2, -0.15) is 0 Å². The molecule has 1 aromatic carbocycles. The normalized spacial score (nSPS) is 19.0. The van der Waals surface area contributed by atoms with Crippen LogP contribution in [0.15, 0.2) is 47.1 Å². The van der Waals surface area contributed by atoms with E-state index in [0.717, 1.165) is 16.4 Å². The zero-order valence-corrected chi connectivity index (χ0v) is 11.7. The third kappa shape index (κ3) is 2.40. The fraction of sp³-hybridized carbons (Fsp3) is 0.267. The number of benzene rings is 1. The summed E-state index contributed by atoms with van der Waals surface area (Å²) in [7, 11) is 0. The van der Waals surface area contributed by atoms with Crippen LogP contribution in [0, 0.1) is 12.1 Å². The van der Waals surface area contributed by atoms with E-state index in [1.54, 1.807) is 18.0 Å². The summed E-state index contributed by atoms with van der Waals surface area (Å²) >= 11 is 1.78. The highest BCUT2D eigenvalue weighted by Crippen LogP contribution is 2.43. The van der Waals surface area contributed by atoms with E-state index in [1.807, 2.05) is 24.3 Å². The summed E-state index contributed by atoms with van der Waals surface area (Å²) < 4.78 is 5.23. The van der Waals surface area contributed by atoms with E-state index >= 15 is 0 Å². The van der Waals surface area contributed by atoms with E-state index in [2.05, 4.69) is 42.2 Å². The number of rotatable bonds is 3. The van der Waals surface area contributed by atoms with Crippen LogP contribution in [0.5, 0.6) is 0 Å². The van der Waals surface area contributed by atoms with Crippen molar-refractivity contribution in [2.45, 2.75) is 19.2 Å². The van der Waals surface area contributed by atoms with Crippen LogP contribution in [0.2, 0.25) is 0 Å². The fourth-order valence-electron chi connectivity index (χ4n) is 2.05. The summed E-state index contributed by atoms with van der Waals surface area (Å²) in [6, 6.07) is 12.2. The molecule has 0 N–H and O–H groups in total. The highest BCUT2D eigenvalue weighted by atomic mass is 32.2. The third-order valence-electron chi connectivity index (χ3n) is 2.98. The molecular formula is C15H15N2OS. The molecule has 1 atom stereocenters. The fourth-order valence-corrected chi connectivity index (χ4v) is 3.22. The Hall–Kier alpha value is -1.68. The van der Waals surface area contributed by atoms with Crippen LogP contribution in [0.1, 0.15) is 19.6 Å². The van der Waals surface area contributed by atoms with E-state index in [0.29, 0.717) is 11.3 Å². The summed E-state index contributed by atoms with van der Waals surface area (Å²) in [6.07, 6.45) is 5.09. The molecule has 3 nitrogen and oxygen atoms in total. The summed E-state index contributed by atoms with van der Waals surface area (Å²) in [6.45, 7) is 4.44. The molecule has 19 heavy (non-hydrogen) atoms. The Balaban J connectivity index is 1.95. The van der Waals surface area contributed by atoms with Crippen molar-refractivity contribution in [2.75, 3.05) is 4.90 Å². The lowest BCUT2D eigenvalue weighted by atomic mass is 10.2. The molecule has 0 bridgehead atoms. The molecule has 1 aliphatic heterocycles. The Bertz CT molecular complexity index is 563. The molecule has 97 valence electrons. The van der Waals surface area contributed by atoms with Gasteiger partial charge in [-0.15, -0.1) is 0 Å². The van der Waals surface area contributed by atoms with Gasteiger partial charge < -0.3 is 9.42 Å². The number of nitrogens with zero attached hydrogens (tertiary/aromatic N) is 2. The molecule has 0 saturated heterocycles. The Labute approximate surface area is 117 Å². The van der Waals surface area contributed by atoms with Gasteiger partial charge in [0.2, 0.25) is 0 Å². The van der Waals surface area contributed by atoms with Crippen molar-refractivity contribution in [3.63, 3.8) is 0 Å². The zero-order valence-electron chi connectivity index (χ0n) is 10.9. The minimum atomic E-state index is 0.336. The van der Waals surface area contributed by atoms with Gasteiger partial charge >= 0.3 is 0 Å². The molecule has 4 heteroatoms. The predicted octanol–water partition coefficient (Wildman–Crippen LogP) is 4.01. The summed E-state index contributed by atoms with van der Waals surface area (Å²) in [5.41, 5.74) is 1.16. The second kappa shape index (κ2) is 5.13. The average Bonchev–Trinajstić information content (AvgIpc) is 3.08. The third-order valence-corrected chi connectivity index (χ3v) is 4.51. The SMILES string of the molecule is CC(C)C1SC(c2ccno2)=[C]N1c1ccccc1. The first-order valence-electron chi connectivity index (χ1n) is 6.31. The average molecular weight is 271 g/mol. The lowest BCUT2D eigenvalue weighted by molar-refractivity contribution is 0.412. The number of thioether (sulfide) groups is 1. The second-order valence-electron chi connectivity index (χ2n) is 4.78. The number of para-hydroxylation sites is 1. The quantitative estimate of drug-likeness (QED) is 0.843. The maximum Gasteiger partial charge on any atom is 0.175 e. The zero-order chi connectivity index (χ0) is 13.2. The van der Waals surface area contributed by atoms with Crippen molar-refractivity contribution in [3.8, 4) is 0 Å². The maximum absolute atomic E-state index is 5.23. The molecular weight excluding hydrogens is 256 g/mol. The monoisotopic (exact) mass is 271 g/mol. The lowest BCUT2D eigenvalue weighted by Crippen LogP contribution is -2.29. The first kappa shape index (κ1) is 12.4. The van der Waals surface area contributed by atoms with Crippen LogP contribution >= 0.6 is 11.8 Å². The van der Waals surface area contributed by atoms with Gasteiger partial charge in [0.1, 0.15) is 0 Å². The van der Waals surface area contributed by atoms with Crippen LogP contribution in [-0.2, 0) is 0 Å². The highest BCUT2D eigenvalue weighted by Gasteiger charge is 2.31. The number of hydrogen-bond donors (Lipinski definition) is 0. The van der Waals surface area contributed by atoms with E-state index in [4.69, 9.17) is 4.52 Å². The van der Waals surface area contributed by atoms with Crippen molar-refractivity contribution in [3.05, 3.63) is 54.6 Å². The molecule has 0 fully saturated rings. The van der Waals surface area contributed by atoms with Gasteiger partial charge in [0.25, 0.3) is 0 Å². The Kier molecular flexibility index (Phi) is 3.34. The Morgan fingerprint density at radius 3 is 2.68 bits per heavy atom. The molecule has 0 aliphatic carbocycles. The Morgan fingerprint density at radius 2 is 2.05 bits per heavy atom. The minimum Gasteiger partial charge on any atom is -0.356 e. The molecule has 0 saturated carbocycles. The van der Waals surface area contributed by atoms with Crippen molar-refractivity contribution in [1.82, 2.24) is 5.16 Å². The van der Waals surface area contributed by atoms with Crippen molar-refractivity contribution >= 4 is 22.4 Å². The van der Waals surface area contributed by atoms with Crippen molar-refractivity contribution < 1.29 is 4.52 Å². The van der Waals surface area contributed by atoms with Crippen molar-refractivity contribution in [1.29, 1.82) is 0 Å². The second-order valence-corrected chi connectivity index (χ2v) is 5.90. The van der Waals surface area contributed by atoms with Gasteiger partial charge in [-0.05, 0) is 18.1 Å². The van der Waals surface area contributed by atoms with E-state index in [1.165, 1.54) is 0 Å². The van der Waals surface area contributed by atoms with Gasteiger partial charge in [-0.25, -0.2) is 0 Å². The van der Waals surface area contributed by atoms with Crippen LogP contribution in [-0.4, -0.2) is 10.5 Å². The van der Waals surface area contributed by atoms with Crippen LogP contribution < -0.4 is 4.90 Å². The maximum atomic E-state index is 5.23. The molecule has 0 spiro atoms. The summed E-state index contributed by atoms with van der Waals surface area (Å²) in [5.74, 6) is 1.30. The molecule has 1 aliphatic rings. The minimum absolute atomic E-state index is 0.336. The van der Waals surface area contributed by atoms with Gasteiger partial charge in [0.05, 0.1) is 22.7 Å². The number of hydrogen-bond acceptors (Lipinski definition) is 4. The van der Waals surface area contributed by atoms with Gasteiger partial charge in [0, 0.05) is 11.8 Å². The topological polar surface area (TPSA) is 29.3 Å². The highest BCUT2D eigenvalue weighted by molar-refractivity contribution is 8.09. The van der Waals surface area contributed by atoms with E-state index in [9.17, 15) is 0 Å². The number of aromatic nitrogens is 1. The largest absolute Gasteiger partial charge is 0.356 e. The molecule has 3 rings (SSSR count). The summed E-state index contributed by atoms with van der Waals surface area (Å²) in [5, 5.41) is 4.10. The van der Waals surface area contributed by atoms with Crippen LogP contribution in [0.4, 0.5) is 5.69 Å². The van der Waals surface area contributed by atoms with Gasteiger partial charge in [0.15, 0.2) is 5.76 Å². The standard InChI is InChI=1S/C15H15N2OS/c1-11(2)15-17(12-6-4-3-5-7-12)10-14(19-15)13-8-9-16-18-13/h3-9,11,15H,1-2H3. The first-order chi connectivity index (χ1) is 9.25. The molecule has 1 unspecified atom stereocenters.